The number of hydrogen-bond donors (Lipinski definition) is 2. The molecule has 0 fully saturated rings. The molecule has 3 nitrogen and oxygen atoms in total. The van der Waals surface area contributed by atoms with E-state index in [-0.39, 0.29) is 0 Å². The molecule has 3 heteroatoms. The van der Waals surface area contributed by atoms with Crippen molar-refractivity contribution in [2.24, 2.45) is 0 Å². The fourth-order valence-electron chi connectivity index (χ4n) is 1.38. The van der Waals surface area contributed by atoms with Gasteiger partial charge < -0.3 is 16.0 Å². The van der Waals surface area contributed by atoms with Crippen LogP contribution >= 0.6 is 0 Å². The molecule has 15 heavy (non-hydrogen) atoms. The zero-order valence-corrected chi connectivity index (χ0v) is 9.88. The number of aryl methyl sites for hydroxylation is 1. The molecule has 0 heterocycles. The number of nitrogens with two attached hydrogens (primary N) is 1. The van der Waals surface area contributed by atoms with Gasteiger partial charge in [0.15, 0.2) is 0 Å². The van der Waals surface area contributed by atoms with Gasteiger partial charge in [-0.2, -0.15) is 0 Å². The van der Waals surface area contributed by atoms with E-state index < -0.39 is 0 Å². The van der Waals surface area contributed by atoms with E-state index in [1.165, 1.54) is 0 Å². The maximum Gasteiger partial charge on any atom is 0.0364 e. The highest BCUT2D eigenvalue weighted by molar-refractivity contribution is 5.58. The van der Waals surface area contributed by atoms with E-state index in [0.29, 0.717) is 0 Å². The van der Waals surface area contributed by atoms with E-state index in [1.807, 2.05) is 19.1 Å². The van der Waals surface area contributed by atoms with Gasteiger partial charge in [-0.1, -0.05) is 6.07 Å². The quantitative estimate of drug-likeness (QED) is 0.572. The smallest absolute Gasteiger partial charge is 0.0364 e. The lowest BCUT2D eigenvalue weighted by atomic mass is 10.2. The molecule has 0 saturated heterocycles. The zero-order chi connectivity index (χ0) is 11.3. The van der Waals surface area contributed by atoms with Crippen molar-refractivity contribution >= 4 is 11.4 Å². The average Bonchev–Trinajstić information content (AvgIpc) is 2.18. The van der Waals surface area contributed by atoms with Gasteiger partial charge >= 0.3 is 0 Å². The molecule has 0 aliphatic carbocycles. The summed E-state index contributed by atoms with van der Waals surface area (Å²) in [6.45, 7) is 4.11. The zero-order valence-electron chi connectivity index (χ0n) is 9.88. The minimum Gasteiger partial charge on any atom is -0.398 e. The number of benzene rings is 1. The summed E-state index contributed by atoms with van der Waals surface area (Å²) in [6.07, 6.45) is 1.14. The van der Waals surface area contributed by atoms with E-state index in [2.05, 4.69) is 30.4 Å². The topological polar surface area (TPSA) is 41.3 Å². The Hall–Kier alpha value is -1.22. The van der Waals surface area contributed by atoms with Crippen LogP contribution in [-0.2, 0) is 0 Å². The third kappa shape index (κ3) is 4.21. The van der Waals surface area contributed by atoms with Crippen molar-refractivity contribution in [3.8, 4) is 0 Å². The number of nitrogen functional groups attached to an aromatic ring is 1. The van der Waals surface area contributed by atoms with Gasteiger partial charge in [0.1, 0.15) is 0 Å². The fraction of sp³-hybridized carbons (Fsp3) is 0.500. The monoisotopic (exact) mass is 207 g/mol. The first kappa shape index (κ1) is 11.9. The first-order valence-electron chi connectivity index (χ1n) is 5.34. The molecule has 0 saturated carbocycles. The summed E-state index contributed by atoms with van der Waals surface area (Å²) >= 11 is 0. The summed E-state index contributed by atoms with van der Waals surface area (Å²) in [7, 11) is 4.17. The first-order valence-corrected chi connectivity index (χ1v) is 5.34. The van der Waals surface area contributed by atoms with E-state index in [4.69, 9.17) is 5.73 Å². The third-order valence-electron chi connectivity index (χ3n) is 2.39. The Bertz CT molecular complexity index is 308. The molecule has 0 radical (unpaired) electrons. The number of nitrogens with zero attached hydrogens (tertiary/aromatic N) is 1. The van der Waals surface area contributed by atoms with Gasteiger partial charge in [0.2, 0.25) is 0 Å². The van der Waals surface area contributed by atoms with E-state index >= 15 is 0 Å². The molecule has 0 unspecified atom stereocenters. The summed E-state index contributed by atoms with van der Waals surface area (Å²) < 4.78 is 0. The third-order valence-corrected chi connectivity index (χ3v) is 2.39. The van der Waals surface area contributed by atoms with Gasteiger partial charge in [0.05, 0.1) is 0 Å². The highest BCUT2D eigenvalue weighted by Crippen LogP contribution is 2.16. The molecular formula is C12H21N3. The largest absolute Gasteiger partial charge is 0.398 e. The molecule has 1 aromatic rings. The molecule has 0 aliphatic rings. The van der Waals surface area contributed by atoms with Crippen LogP contribution in [0.4, 0.5) is 11.4 Å². The maximum absolute atomic E-state index is 5.82. The van der Waals surface area contributed by atoms with Crippen molar-refractivity contribution in [3.05, 3.63) is 23.8 Å². The van der Waals surface area contributed by atoms with Crippen molar-refractivity contribution in [1.29, 1.82) is 0 Å². The van der Waals surface area contributed by atoms with Gasteiger partial charge in [0.25, 0.3) is 0 Å². The van der Waals surface area contributed by atoms with Crippen LogP contribution in [0.1, 0.15) is 12.0 Å². The Morgan fingerprint density at radius 1 is 1.33 bits per heavy atom. The van der Waals surface area contributed by atoms with Crippen LogP contribution in [0.5, 0.6) is 0 Å². The second kappa shape index (κ2) is 5.61. The summed E-state index contributed by atoms with van der Waals surface area (Å²) in [4.78, 5) is 2.19. The van der Waals surface area contributed by atoms with Crippen LogP contribution < -0.4 is 11.1 Å². The number of hydrogen-bond acceptors (Lipinski definition) is 3. The van der Waals surface area contributed by atoms with Gasteiger partial charge in [-0.15, -0.1) is 0 Å². The molecular weight excluding hydrogens is 186 g/mol. The molecule has 84 valence electrons. The van der Waals surface area contributed by atoms with E-state index in [0.717, 1.165) is 36.4 Å². The predicted molar refractivity (Wildman–Crippen MR) is 67.3 cm³/mol. The first-order chi connectivity index (χ1) is 7.09. The summed E-state index contributed by atoms with van der Waals surface area (Å²) in [5.41, 5.74) is 8.92. The average molecular weight is 207 g/mol. The minimum atomic E-state index is 0.854. The van der Waals surface area contributed by atoms with Crippen LogP contribution in [0, 0.1) is 6.92 Å². The van der Waals surface area contributed by atoms with Gasteiger partial charge in [-0.25, -0.2) is 0 Å². The van der Waals surface area contributed by atoms with Crippen molar-refractivity contribution < 1.29 is 0 Å². The van der Waals surface area contributed by atoms with Gasteiger partial charge in [-0.05, 0) is 51.7 Å². The molecule has 0 aromatic heterocycles. The normalized spacial score (nSPS) is 10.7. The molecule has 1 aromatic carbocycles. The highest BCUT2D eigenvalue weighted by Gasteiger charge is 1.96. The summed E-state index contributed by atoms with van der Waals surface area (Å²) in [5.74, 6) is 0. The predicted octanol–water partition coefficient (Wildman–Crippen LogP) is 1.94. The van der Waals surface area contributed by atoms with E-state index in [1.54, 1.807) is 0 Å². The molecule has 0 spiro atoms. The van der Waals surface area contributed by atoms with Crippen LogP contribution in [0.25, 0.3) is 0 Å². The van der Waals surface area contributed by atoms with Crippen molar-refractivity contribution in [2.75, 3.05) is 38.2 Å². The fourth-order valence-corrected chi connectivity index (χ4v) is 1.38. The lowest BCUT2D eigenvalue weighted by Crippen LogP contribution is -2.16. The Balaban J connectivity index is 2.35. The lowest BCUT2D eigenvalue weighted by molar-refractivity contribution is 0.405. The van der Waals surface area contributed by atoms with Crippen LogP contribution in [0.15, 0.2) is 18.2 Å². The molecule has 0 atom stereocenters. The second-order valence-electron chi connectivity index (χ2n) is 4.15. The molecule has 0 amide bonds. The SMILES string of the molecule is Cc1ccc(NCCCN(C)C)cc1N. The standard InChI is InChI=1S/C12H21N3/c1-10-5-6-11(9-12(10)13)14-7-4-8-15(2)3/h5-6,9,14H,4,7-8,13H2,1-3H3. The number of anilines is 2. The Morgan fingerprint density at radius 3 is 2.67 bits per heavy atom. The van der Waals surface area contributed by atoms with Crippen molar-refractivity contribution in [1.82, 2.24) is 4.90 Å². The minimum absolute atomic E-state index is 0.854. The summed E-state index contributed by atoms with van der Waals surface area (Å²) in [6, 6.07) is 6.11. The number of nitrogens with one attached hydrogen (secondary N) is 1. The van der Waals surface area contributed by atoms with Crippen LogP contribution in [-0.4, -0.2) is 32.1 Å². The van der Waals surface area contributed by atoms with Gasteiger partial charge in [0, 0.05) is 17.9 Å². The molecule has 1 rings (SSSR count). The molecule has 0 aliphatic heterocycles. The van der Waals surface area contributed by atoms with Crippen LogP contribution in [0.3, 0.4) is 0 Å². The number of rotatable bonds is 5. The molecule has 3 N–H and O–H groups in total. The van der Waals surface area contributed by atoms with Crippen LogP contribution in [0.2, 0.25) is 0 Å². The second-order valence-corrected chi connectivity index (χ2v) is 4.15. The highest BCUT2D eigenvalue weighted by atomic mass is 15.1. The van der Waals surface area contributed by atoms with Crippen molar-refractivity contribution in [2.45, 2.75) is 13.3 Å². The summed E-state index contributed by atoms with van der Waals surface area (Å²) in [5, 5.41) is 3.36. The Kier molecular flexibility index (Phi) is 4.43. The molecule has 0 bridgehead atoms. The Morgan fingerprint density at radius 2 is 2.07 bits per heavy atom. The maximum atomic E-state index is 5.82. The Labute approximate surface area is 92.3 Å². The van der Waals surface area contributed by atoms with Crippen molar-refractivity contribution in [3.63, 3.8) is 0 Å². The lowest BCUT2D eigenvalue weighted by Gasteiger charge is -2.11. The van der Waals surface area contributed by atoms with E-state index in [9.17, 15) is 0 Å². The van der Waals surface area contributed by atoms with Gasteiger partial charge in [-0.3, -0.25) is 0 Å².